The average Bonchev–Trinajstić information content (AvgIpc) is 2.57. The standard InChI is InChI=1S/C17H23F3N2O2.2ClH/c18-17(19,20)24-15-3-1-13(2-4-15)16(14-5-11-23-12-6-14)22-9-7-21-8-10-22;;/h1-4,14,16,21H,5-12H2;2*1H/t16-;;/m0../s1. The molecule has 0 aromatic heterocycles. The average molecular weight is 417 g/mol. The van der Waals surface area contributed by atoms with Crippen molar-refractivity contribution >= 4 is 24.8 Å². The van der Waals surface area contributed by atoms with Crippen LogP contribution < -0.4 is 10.1 Å². The first-order chi connectivity index (χ1) is 11.5. The van der Waals surface area contributed by atoms with Crippen LogP contribution in [0.4, 0.5) is 13.2 Å². The Morgan fingerprint density at radius 3 is 2.15 bits per heavy atom. The number of alkyl halides is 3. The molecule has 2 fully saturated rings. The molecule has 0 aliphatic carbocycles. The lowest BCUT2D eigenvalue weighted by Gasteiger charge is -2.41. The van der Waals surface area contributed by atoms with Gasteiger partial charge in [0.2, 0.25) is 0 Å². The summed E-state index contributed by atoms with van der Waals surface area (Å²) >= 11 is 0. The first-order valence-electron chi connectivity index (χ1n) is 8.41. The summed E-state index contributed by atoms with van der Waals surface area (Å²) in [6, 6.07) is 6.58. The molecule has 4 nitrogen and oxygen atoms in total. The van der Waals surface area contributed by atoms with Gasteiger partial charge in [0.15, 0.2) is 0 Å². The van der Waals surface area contributed by atoms with Crippen molar-refractivity contribution in [2.75, 3.05) is 39.4 Å². The van der Waals surface area contributed by atoms with Crippen LogP contribution in [0.5, 0.6) is 5.75 Å². The third-order valence-corrected chi connectivity index (χ3v) is 4.71. The maximum Gasteiger partial charge on any atom is 0.573 e. The van der Waals surface area contributed by atoms with E-state index in [2.05, 4.69) is 15.0 Å². The molecule has 2 aliphatic heterocycles. The smallest absolute Gasteiger partial charge is 0.406 e. The van der Waals surface area contributed by atoms with Crippen molar-refractivity contribution in [3.05, 3.63) is 29.8 Å². The van der Waals surface area contributed by atoms with Crippen LogP contribution in [-0.4, -0.2) is 50.7 Å². The maximum atomic E-state index is 12.3. The Morgan fingerprint density at radius 2 is 1.62 bits per heavy atom. The largest absolute Gasteiger partial charge is 0.573 e. The second kappa shape index (κ2) is 10.6. The van der Waals surface area contributed by atoms with Gasteiger partial charge in [0.1, 0.15) is 5.75 Å². The zero-order chi connectivity index (χ0) is 17.0. The third-order valence-electron chi connectivity index (χ3n) is 4.71. The molecule has 2 heterocycles. The van der Waals surface area contributed by atoms with Crippen molar-refractivity contribution in [3.63, 3.8) is 0 Å². The second-order valence-electron chi connectivity index (χ2n) is 6.30. The Bertz CT molecular complexity index is 502. The van der Waals surface area contributed by atoms with E-state index >= 15 is 0 Å². The van der Waals surface area contributed by atoms with Crippen LogP contribution in [0.2, 0.25) is 0 Å². The predicted molar refractivity (Wildman–Crippen MR) is 98.3 cm³/mol. The van der Waals surface area contributed by atoms with E-state index in [0.29, 0.717) is 5.92 Å². The summed E-state index contributed by atoms with van der Waals surface area (Å²) in [7, 11) is 0. The van der Waals surface area contributed by atoms with Gasteiger partial charge in [-0.1, -0.05) is 12.1 Å². The summed E-state index contributed by atoms with van der Waals surface area (Å²) in [5, 5.41) is 3.35. The molecule has 2 saturated heterocycles. The van der Waals surface area contributed by atoms with Crippen LogP contribution in [0.15, 0.2) is 24.3 Å². The number of benzene rings is 1. The Labute approximate surface area is 164 Å². The van der Waals surface area contributed by atoms with Crippen molar-refractivity contribution in [2.45, 2.75) is 25.2 Å². The Kier molecular flexibility index (Phi) is 9.47. The van der Waals surface area contributed by atoms with Crippen molar-refractivity contribution < 1.29 is 22.6 Å². The van der Waals surface area contributed by atoms with Gasteiger partial charge in [0.25, 0.3) is 0 Å². The number of halogens is 5. The Hall–Kier alpha value is -0.730. The predicted octanol–water partition coefficient (Wildman–Crippen LogP) is 3.80. The molecular formula is C17H25Cl2F3N2O2. The molecule has 3 rings (SSSR count). The molecule has 1 aromatic carbocycles. The van der Waals surface area contributed by atoms with Crippen molar-refractivity contribution in [1.29, 1.82) is 0 Å². The van der Waals surface area contributed by atoms with E-state index in [-0.39, 0.29) is 36.6 Å². The van der Waals surface area contributed by atoms with Gasteiger partial charge in [-0.15, -0.1) is 38.0 Å². The molecular weight excluding hydrogens is 392 g/mol. The Morgan fingerprint density at radius 1 is 1.04 bits per heavy atom. The van der Waals surface area contributed by atoms with E-state index in [4.69, 9.17) is 4.74 Å². The molecule has 0 radical (unpaired) electrons. The van der Waals surface area contributed by atoms with Crippen LogP contribution >= 0.6 is 24.8 Å². The number of rotatable bonds is 4. The van der Waals surface area contributed by atoms with Gasteiger partial charge in [-0.05, 0) is 36.5 Å². The third kappa shape index (κ3) is 6.46. The van der Waals surface area contributed by atoms with Crippen molar-refractivity contribution in [1.82, 2.24) is 10.2 Å². The molecule has 1 N–H and O–H groups in total. The molecule has 0 amide bonds. The summed E-state index contributed by atoms with van der Waals surface area (Å²) in [6.45, 7) is 5.28. The van der Waals surface area contributed by atoms with Crippen molar-refractivity contribution in [2.24, 2.45) is 5.92 Å². The van der Waals surface area contributed by atoms with Gasteiger partial charge in [-0.2, -0.15) is 0 Å². The molecule has 2 aliphatic rings. The summed E-state index contributed by atoms with van der Waals surface area (Å²) in [6.07, 6.45) is -2.69. The highest BCUT2D eigenvalue weighted by Crippen LogP contribution is 2.36. The van der Waals surface area contributed by atoms with Crippen molar-refractivity contribution in [3.8, 4) is 5.75 Å². The second-order valence-corrected chi connectivity index (χ2v) is 6.30. The van der Waals surface area contributed by atoms with E-state index in [9.17, 15) is 13.2 Å². The number of nitrogens with zero attached hydrogens (tertiary/aromatic N) is 1. The molecule has 0 unspecified atom stereocenters. The summed E-state index contributed by atoms with van der Waals surface area (Å²) in [5.41, 5.74) is 1.05. The monoisotopic (exact) mass is 416 g/mol. The van der Waals surface area contributed by atoms with Crippen LogP contribution in [-0.2, 0) is 4.74 Å². The van der Waals surface area contributed by atoms with Gasteiger partial charge < -0.3 is 14.8 Å². The van der Waals surface area contributed by atoms with Gasteiger partial charge in [-0.25, -0.2) is 0 Å². The van der Waals surface area contributed by atoms with E-state index in [1.165, 1.54) is 12.1 Å². The topological polar surface area (TPSA) is 33.7 Å². The molecule has 1 aromatic rings. The first kappa shape index (κ1) is 23.3. The van der Waals surface area contributed by atoms with Gasteiger partial charge >= 0.3 is 6.36 Å². The summed E-state index contributed by atoms with van der Waals surface area (Å²) in [4.78, 5) is 2.44. The molecule has 0 spiro atoms. The fourth-order valence-corrected chi connectivity index (χ4v) is 3.64. The number of hydrogen-bond acceptors (Lipinski definition) is 4. The SMILES string of the molecule is Cl.Cl.FC(F)(F)Oc1ccc([C@@H](C2CCOCC2)N2CCNCC2)cc1. The molecule has 9 heteroatoms. The molecule has 0 saturated carbocycles. The number of hydrogen-bond donors (Lipinski definition) is 1. The quantitative estimate of drug-likeness (QED) is 0.808. The molecule has 150 valence electrons. The first-order valence-corrected chi connectivity index (χ1v) is 8.41. The minimum Gasteiger partial charge on any atom is -0.406 e. The lowest BCUT2D eigenvalue weighted by molar-refractivity contribution is -0.274. The fraction of sp³-hybridized carbons (Fsp3) is 0.647. The Balaban J connectivity index is 0.00000169. The highest BCUT2D eigenvalue weighted by atomic mass is 35.5. The minimum absolute atomic E-state index is 0. The lowest BCUT2D eigenvalue weighted by Crippen LogP contribution is -2.47. The van der Waals surface area contributed by atoms with E-state index in [1.807, 2.05) is 0 Å². The number of piperazine rings is 1. The number of nitrogens with one attached hydrogen (secondary N) is 1. The van der Waals surface area contributed by atoms with E-state index < -0.39 is 6.36 Å². The van der Waals surface area contributed by atoms with Gasteiger partial charge in [0, 0.05) is 45.4 Å². The lowest BCUT2D eigenvalue weighted by atomic mass is 9.85. The van der Waals surface area contributed by atoms with Gasteiger partial charge in [0.05, 0.1) is 0 Å². The van der Waals surface area contributed by atoms with Gasteiger partial charge in [-0.3, -0.25) is 4.90 Å². The van der Waals surface area contributed by atoms with Crippen LogP contribution in [0.25, 0.3) is 0 Å². The number of ether oxygens (including phenoxy) is 2. The van der Waals surface area contributed by atoms with Crippen LogP contribution in [0.1, 0.15) is 24.4 Å². The van der Waals surface area contributed by atoms with E-state index in [1.54, 1.807) is 12.1 Å². The maximum absolute atomic E-state index is 12.3. The van der Waals surface area contributed by atoms with Crippen LogP contribution in [0.3, 0.4) is 0 Å². The molecule has 1 atom stereocenters. The van der Waals surface area contributed by atoms with E-state index in [0.717, 1.165) is 57.8 Å². The summed E-state index contributed by atoms with van der Waals surface area (Å²) in [5.74, 6) is 0.295. The zero-order valence-corrected chi connectivity index (χ0v) is 16.0. The van der Waals surface area contributed by atoms with Crippen LogP contribution in [0, 0.1) is 5.92 Å². The summed E-state index contributed by atoms with van der Waals surface area (Å²) < 4.78 is 46.4. The highest BCUT2D eigenvalue weighted by molar-refractivity contribution is 5.85. The molecule has 0 bridgehead atoms. The zero-order valence-electron chi connectivity index (χ0n) is 14.3. The fourth-order valence-electron chi connectivity index (χ4n) is 3.64. The minimum atomic E-state index is -4.65. The molecule has 26 heavy (non-hydrogen) atoms. The normalized spacial score (nSPS) is 20.6. The highest BCUT2D eigenvalue weighted by Gasteiger charge is 2.33.